The lowest BCUT2D eigenvalue weighted by Crippen LogP contribution is -2.03. The predicted octanol–water partition coefficient (Wildman–Crippen LogP) is 2.02. The molecular weight excluding hydrogens is 216 g/mol. The number of hydrogen-bond donors (Lipinski definition) is 0. The van der Waals surface area contributed by atoms with Gasteiger partial charge in [0.15, 0.2) is 5.78 Å². The number of ether oxygens (including phenoxy) is 1. The normalized spacial score (nSPS) is 10.0. The summed E-state index contributed by atoms with van der Waals surface area (Å²) in [5.74, 6) is 0.683. The molecule has 4 nitrogen and oxygen atoms in total. The summed E-state index contributed by atoms with van der Waals surface area (Å²) < 4.78 is 5.15. The van der Waals surface area contributed by atoms with Gasteiger partial charge < -0.3 is 4.74 Å². The fraction of sp³-hybridized carbons (Fsp3) is 0.154. The molecule has 0 aliphatic rings. The van der Waals surface area contributed by atoms with Crippen molar-refractivity contribution >= 4 is 5.78 Å². The van der Waals surface area contributed by atoms with Crippen LogP contribution >= 0.6 is 0 Å². The highest BCUT2D eigenvalue weighted by molar-refractivity contribution is 6.08. The molecule has 2 rings (SSSR count). The summed E-state index contributed by atoms with van der Waals surface area (Å²) in [7, 11) is 1.61. The second kappa shape index (κ2) is 4.74. The summed E-state index contributed by atoms with van der Waals surface area (Å²) in [5.41, 5.74) is 2.02. The number of hydrogen-bond acceptors (Lipinski definition) is 4. The first-order valence-corrected chi connectivity index (χ1v) is 5.16. The van der Waals surface area contributed by atoms with Gasteiger partial charge in [-0.2, -0.15) is 0 Å². The molecule has 0 N–H and O–H groups in total. The van der Waals surface area contributed by atoms with Crippen molar-refractivity contribution in [2.24, 2.45) is 0 Å². The quantitative estimate of drug-likeness (QED) is 0.754. The first-order chi connectivity index (χ1) is 8.22. The molecule has 0 amide bonds. The third-order valence-electron chi connectivity index (χ3n) is 2.48. The summed E-state index contributed by atoms with van der Waals surface area (Å²) in [6.45, 7) is 1.90. The third kappa shape index (κ3) is 2.30. The maximum atomic E-state index is 12.1. The van der Waals surface area contributed by atoms with E-state index < -0.39 is 0 Å². The van der Waals surface area contributed by atoms with E-state index in [1.54, 1.807) is 25.3 Å². The van der Waals surface area contributed by atoms with E-state index >= 15 is 0 Å². The Balaban J connectivity index is 2.35. The highest BCUT2D eigenvalue weighted by atomic mass is 16.5. The van der Waals surface area contributed by atoms with E-state index in [-0.39, 0.29) is 5.78 Å². The molecule has 0 saturated carbocycles. The first-order valence-electron chi connectivity index (χ1n) is 5.16. The largest absolute Gasteiger partial charge is 0.496 e. The average molecular weight is 228 g/mol. The zero-order chi connectivity index (χ0) is 12.3. The average Bonchev–Trinajstić information content (AvgIpc) is 2.39. The van der Waals surface area contributed by atoms with Crippen molar-refractivity contribution in [2.75, 3.05) is 7.11 Å². The lowest BCUT2D eigenvalue weighted by atomic mass is 10.0. The summed E-state index contributed by atoms with van der Waals surface area (Å²) in [6.07, 6.45) is 4.42. The zero-order valence-electron chi connectivity index (χ0n) is 9.68. The lowest BCUT2D eigenvalue weighted by molar-refractivity contribution is 0.103. The Hall–Kier alpha value is -2.23. The molecule has 0 atom stereocenters. The second-order valence-electron chi connectivity index (χ2n) is 3.64. The Morgan fingerprint density at radius 3 is 2.47 bits per heavy atom. The molecule has 86 valence electrons. The summed E-state index contributed by atoms with van der Waals surface area (Å²) in [6, 6.07) is 5.32. The molecule has 4 heteroatoms. The number of carbonyl (C=O) groups is 1. The minimum Gasteiger partial charge on any atom is -0.496 e. The Morgan fingerprint density at radius 1 is 1.18 bits per heavy atom. The van der Waals surface area contributed by atoms with Crippen molar-refractivity contribution in [3.63, 3.8) is 0 Å². The number of benzene rings is 1. The van der Waals surface area contributed by atoms with Gasteiger partial charge in [0.2, 0.25) is 0 Å². The lowest BCUT2D eigenvalue weighted by Gasteiger charge is -2.06. The van der Waals surface area contributed by atoms with E-state index in [2.05, 4.69) is 9.97 Å². The van der Waals surface area contributed by atoms with Crippen molar-refractivity contribution in [3.8, 4) is 5.75 Å². The van der Waals surface area contributed by atoms with Gasteiger partial charge in [-0.25, -0.2) is 9.97 Å². The highest BCUT2D eigenvalue weighted by Crippen LogP contribution is 2.19. The van der Waals surface area contributed by atoms with Crippen LogP contribution in [0.25, 0.3) is 0 Å². The Bertz CT molecular complexity index is 538. The van der Waals surface area contributed by atoms with Crippen LogP contribution in [0.4, 0.5) is 0 Å². The van der Waals surface area contributed by atoms with E-state index in [1.165, 1.54) is 18.7 Å². The standard InChI is InChI=1S/C13H12N2O2/c1-9-5-10(3-4-12(9)17-2)13(16)11-6-14-8-15-7-11/h3-8H,1-2H3. The number of methoxy groups -OCH3 is 1. The maximum Gasteiger partial charge on any atom is 0.196 e. The van der Waals surface area contributed by atoms with Crippen LogP contribution in [0.3, 0.4) is 0 Å². The van der Waals surface area contributed by atoms with Crippen molar-refractivity contribution < 1.29 is 9.53 Å². The molecule has 2 aromatic rings. The summed E-state index contributed by atoms with van der Waals surface area (Å²) in [4.78, 5) is 19.7. The van der Waals surface area contributed by atoms with Gasteiger partial charge in [-0.05, 0) is 30.7 Å². The molecule has 1 heterocycles. The zero-order valence-corrected chi connectivity index (χ0v) is 9.68. The molecule has 0 spiro atoms. The molecular formula is C13H12N2O2. The van der Waals surface area contributed by atoms with Crippen LogP contribution in [0.15, 0.2) is 36.9 Å². The van der Waals surface area contributed by atoms with Crippen molar-refractivity contribution in [3.05, 3.63) is 53.6 Å². The molecule has 0 radical (unpaired) electrons. The van der Waals surface area contributed by atoms with E-state index in [9.17, 15) is 4.79 Å². The molecule has 0 saturated heterocycles. The van der Waals surface area contributed by atoms with Gasteiger partial charge in [-0.3, -0.25) is 4.79 Å². The van der Waals surface area contributed by atoms with E-state index in [0.29, 0.717) is 11.1 Å². The van der Waals surface area contributed by atoms with Gasteiger partial charge in [-0.15, -0.1) is 0 Å². The molecule has 1 aromatic carbocycles. The van der Waals surface area contributed by atoms with Crippen molar-refractivity contribution in [1.29, 1.82) is 0 Å². The van der Waals surface area contributed by atoms with Crippen LogP contribution in [0, 0.1) is 6.92 Å². The Kier molecular flexibility index (Phi) is 3.14. The highest BCUT2D eigenvalue weighted by Gasteiger charge is 2.10. The minimum atomic E-state index is -0.0867. The number of nitrogens with zero attached hydrogens (tertiary/aromatic N) is 2. The van der Waals surface area contributed by atoms with Gasteiger partial charge >= 0.3 is 0 Å². The molecule has 0 fully saturated rings. The fourth-order valence-corrected chi connectivity index (χ4v) is 1.60. The summed E-state index contributed by atoms with van der Waals surface area (Å²) >= 11 is 0. The van der Waals surface area contributed by atoms with Crippen LogP contribution in [-0.4, -0.2) is 22.9 Å². The van der Waals surface area contributed by atoms with E-state index in [0.717, 1.165) is 11.3 Å². The van der Waals surface area contributed by atoms with Crippen LogP contribution in [0.1, 0.15) is 21.5 Å². The number of rotatable bonds is 3. The number of ketones is 1. The smallest absolute Gasteiger partial charge is 0.196 e. The molecule has 17 heavy (non-hydrogen) atoms. The van der Waals surface area contributed by atoms with Crippen molar-refractivity contribution in [1.82, 2.24) is 9.97 Å². The van der Waals surface area contributed by atoms with Gasteiger partial charge in [0.1, 0.15) is 12.1 Å². The van der Waals surface area contributed by atoms with Crippen LogP contribution in [0.2, 0.25) is 0 Å². The summed E-state index contributed by atoms with van der Waals surface area (Å²) in [5, 5.41) is 0. The molecule has 0 aliphatic carbocycles. The third-order valence-corrected chi connectivity index (χ3v) is 2.48. The number of carbonyl (C=O) groups excluding carboxylic acids is 1. The van der Waals surface area contributed by atoms with Gasteiger partial charge in [0.05, 0.1) is 12.7 Å². The van der Waals surface area contributed by atoms with Gasteiger partial charge in [0, 0.05) is 18.0 Å². The van der Waals surface area contributed by atoms with E-state index in [4.69, 9.17) is 4.74 Å². The Labute approximate surface area is 99.3 Å². The van der Waals surface area contributed by atoms with E-state index in [1.807, 2.05) is 6.92 Å². The van der Waals surface area contributed by atoms with Crippen molar-refractivity contribution in [2.45, 2.75) is 6.92 Å². The van der Waals surface area contributed by atoms with Crippen LogP contribution in [-0.2, 0) is 0 Å². The first kappa shape index (κ1) is 11.3. The molecule has 0 bridgehead atoms. The maximum absolute atomic E-state index is 12.1. The number of aryl methyl sites for hydroxylation is 1. The van der Waals surface area contributed by atoms with Crippen LogP contribution in [0.5, 0.6) is 5.75 Å². The monoisotopic (exact) mass is 228 g/mol. The van der Waals surface area contributed by atoms with Crippen LogP contribution < -0.4 is 4.74 Å². The topological polar surface area (TPSA) is 52.1 Å². The van der Waals surface area contributed by atoms with Gasteiger partial charge in [-0.1, -0.05) is 0 Å². The second-order valence-corrected chi connectivity index (χ2v) is 3.64. The minimum absolute atomic E-state index is 0.0867. The molecule has 1 aromatic heterocycles. The molecule has 0 aliphatic heterocycles. The number of aromatic nitrogens is 2. The Morgan fingerprint density at radius 2 is 1.88 bits per heavy atom. The SMILES string of the molecule is COc1ccc(C(=O)c2cncnc2)cc1C. The van der Waals surface area contributed by atoms with Gasteiger partial charge in [0.25, 0.3) is 0 Å². The molecule has 0 unspecified atom stereocenters. The fourth-order valence-electron chi connectivity index (χ4n) is 1.60. The predicted molar refractivity (Wildman–Crippen MR) is 63.2 cm³/mol.